The zero-order valence-electron chi connectivity index (χ0n) is 14.7. The highest BCUT2D eigenvalue weighted by Crippen LogP contribution is 2.71. The number of benzene rings is 1. The van der Waals surface area contributed by atoms with E-state index in [4.69, 9.17) is 4.74 Å². The summed E-state index contributed by atoms with van der Waals surface area (Å²) in [7, 11) is 4.54. The Bertz CT molecular complexity index is 608. The van der Waals surface area contributed by atoms with E-state index in [9.17, 15) is 0 Å². The van der Waals surface area contributed by atoms with Gasteiger partial charge in [0.05, 0.1) is 12.1 Å². The summed E-state index contributed by atoms with van der Waals surface area (Å²) in [5.41, 5.74) is 1.92. The van der Waals surface area contributed by atoms with Crippen molar-refractivity contribution >= 4 is 0 Å². The zero-order valence-corrected chi connectivity index (χ0v) is 14.7. The molecular formula is C21H29NO. The number of allylic oxidation sites excluding steroid dienone is 1. The van der Waals surface area contributed by atoms with Crippen molar-refractivity contribution in [1.82, 2.24) is 4.90 Å². The van der Waals surface area contributed by atoms with Crippen LogP contribution in [-0.2, 0) is 4.74 Å². The maximum absolute atomic E-state index is 6.19. The fourth-order valence-electron chi connectivity index (χ4n) is 6.04. The maximum Gasteiger partial charge on any atom is 0.100 e. The minimum Gasteiger partial charge on any atom is -0.498 e. The number of rotatable bonds is 4. The van der Waals surface area contributed by atoms with Crippen LogP contribution in [0.4, 0.5) is 0 Å². The number of ether oxygens (including phenoxy) is 1. The fourth-order valence-corrected chi connectivity index (χ4v) is 6.04. The highest BCUT2D eigenvalue weighted by Gasteiger charge is 2.69. The van der Waals surface area contributed by atoms with Crippen LogP contribution in [0.2, 0.25) is 0 Å². The van der Waals surface area contributed by atoms with Crippen molar-refractivity contribution in [2.45, 2.75) is 50.5 Å². The van der Waals surface area contributed by atoms with Crippen LogP contribution in [0.15, 0.2) is 42.2 Å². The predicted octanol–water partition coefficient (Wildman–Crippen LogP) is 4.58. The molecule has 0 spiro atoms. The van der Waals surface area contributed by atoms with Crippen molar-refractivity contribution in [1.29, 1.82) is 0 Å². The average Bonchev–Trinajstić information content (AvgIpc) is 3.03. The third kappa shape index (κ3) is 1.91. The van der Waals surface area contributed by atoms with Crippen molar-refractivity contribution in [3.05, 3.63) is 47.7 Å². The van der Waals surface area contributed by atoms with Gasteiger partial charge in [0, 0.05) is 11.3 Å². The second-order valence-electron chi connectivity index (χ2n) is 7.85. The van der Waals surface area contributed by atoms with Gasteiger partial charge in [-0.15, -0.1) is 0 Å². The molecule has 0 unspecified atom stereocenters. The molecule has 1 aromatic rings. The Morgan fingerprint density at radius 2 is 1.96 bits per heavy atom. The van der Waals surface area contributed by atoms with Crippen molar-refractivity contribution in [2.75, 3.05) is 20.7 Å². The topological polar surface area (TPSA) is 12.5 Å². The summed E-state index contributed by atoms with van der Waals surface area (Å²) >= 11 is 0. The van der Waals surface area contributed by atoms with Gasteiger partial charge in [-0.1, -0.05) is 43.2 Å². The van der Waals surface area contributed by atoms with Gasteiger partial charge in [-0.2, -0.15) is 0 Å². The molecular weight excluding hydrogens is 282 g/mol. The van der Waals surface area contributed by atoms with Gasteiger partial charge in [0.25, 0.3) is 0 Å². The van der Waals surface area contributed by atoms with Gasteiger partial charge >= 0.3 is 0 Å². The summed E-state index contributed by atoms with van der Waals surface area (Å²) in [6.07, 6.45) is 9.15. The van der Waals surface area contributed by atoms with E-state index >= 15 is 0 Å². The molecule has 23 heavy (non-hydrogen) atoms. The molecule has 2 bridgehead atoms. The predicted molar refractivity (Wildman–Crippen MR) is 94.3 cm³/mol. The highest BCUT2D eigenvalue weighted by atomic mass is 16.5. The lowest BCUT2D eigenvalue weighted by atomic mass is 9.67. The third-order valence-electron chi connectivity index (χ3n) is 6.85. The van der Waals surface area contributed by atoms with E-state index in [2.05, 4.69) is 62.3 Å². The molecule has 0 radical (unpaired) electrons. The highest BCUT2D eigenvalue weighted by molar-refractivity contribution is 5.44. The molecule has 0 amide bonds. The minimum absolute atomic E-state index is 0.131. The van der Waals surface area contributed by atoms with Crippen LogP contribution in [-0.4, -0.2) is 31.1 Å². The van der Waals surface area contributed by atoms with Gasteiger partial charge in [0.15, 0.2) is 0 Å². The van der Waals surface area contributed by atoms with Gasteiger partial charge in [0.1, 0.15) is 5.76 Å². The summed E-state index contributed by atoms with van der Waals surface area (Å²) < 4.78 is 6.19. The Morgan fingerprint density at radius 3 is 2.65 bits per heavy atom. The van der Waals surface area contributed by atoms with Crippen molar-refractivity contribution in [3.63, 3.8) is 0 Å². The van der Waals surface area contributed by atoms with E-state index in [0.717, 1.165) is 6.61 Å². The third-order valence-corrected chi connectivity index (χ3v) is 6.85. The van der Waals surface area contributed by atoms with Crippen molar-refractivity contribution in [3.8, 4) is 0 Å². The lowest BCUT2D eigenvalue weighted by Crippen LogP contribution is -2.49. The Morgan fingerprint density at radius 1 is 1.17 bits per heavy atom. The summed E-state index contributed by atoms with van der Waals surface area (Å²) in [5, 5.41) is 0. The molecule has 1 aromatic carbocycles. The summed E-state index contributed by atoms with van der Waals surface area (Å²) in [6, 6.07) is 11.2. The molecule has 2 nitrogen and oxygen atoms in total. The van der Waals surface area contributed by atoms with E-state index in [1.807, 2.05) is 0 Å². The van der Waals surface area contributed by atoms with Crippen LogP contribution in [0.25, 0.3) is 0 Å². The number of hydrogen-bond acceptors (Lipinski definition) is 2. The maximum atomic E-state index is 6.19. The van der Waals surface area contributed by atoms with Crippen molar-refractivity contribution in [2.24, 2.45) is 11.3 Å². The first-order chi connectivity index (χ1) is 11.1. The van der Waals surface area contributed by atoms with Crippen LogP contribution in [0, 0.1) is 11.3 Å². The molecule has 2 saturated carbocycles. The van der Waals surface area contributed by atoms with Gasteiger partial charge in [-0.05, 0) is 57.8 Å². The standard InChI is InChI=1S/C21H29NO/c1-4-23-19-15-21(22(2)3)17(16-10-6-5-7-11-16)14-20(19)13-9-8-12-18(20)21/h5-7,10-11,15,17-18H,4,8-9,12-14H2,1-3H3/t17-,18-,20-,21-/m1/s1. The molecule has 0 saturated heterocycles. The fraction of sp³-hybridized carbons (Fsp3) is 0.619. The minimum atomic E-state index is 0.131. The average molecular weight is 311 g/mol. The lowest BCUT2D eigenvalue weighted by Gasteiger charge is -2.44. The van der Waals surface area contributed by atoms with E-state index in [0.29, 0.717) is 17.3 Å². The van der Waals surface area contributed by atoms with Crippen LogP contribution in [0.5, 0.6) is 0 Å². The zero-order chi connectivity index (χ0) is 16.1. The molecule has 124 valence electrons. The first kappa shape index (κ1) is 15.3. The smallest absolute Gasteiger partial charge is 0.100 e. The van der Waals surface area contributed by atoms with E-state index in [1.54, 1.807) is 0 Å². The molecule has 0 heterocycles. The molecule has 4 rings (SSSR count). The van der Waals surface area contributed by atoms with Crippen LogP contribution in [0.3, 0.4) is 0 Å². The summed E-state index contributed by atoms with van der Waals surface area (Å²) in [4.78, 5) is 2.49. The summed E-state index contributed by atoms with van der Waals surface area (Å²) in [6.45, 7) is 2.91. The van der Waals surface area contributed by atoms with Crippen LogP contribution < -0.4 is 0 Å². The van der Waals surface area contributed by atoms with Crippen LogP contribution >= 0.6 is 0 Å². The Kier molecular flexibility index (Phi) is 3.57. The van der Waals surface area contributed by atoms with Gasteiger partial charge < -0.3 is 4.74 Å². The van der Waals surface area contributed by atoms with Gasteiger partial charge in [0.2, 0.25) is 0 Å². The van der Waals surface area contributed by atoms with E-state index in [1.165, 1.54) is 43.4 Å². The molecule has 3 aliphatic carbocycles. The monoisotopic (exact) mass is 311 g/mol. The van der Waals surface area contributed by atoms with Crippen LogP contribution in [0.1, 0.15) is 50.5 Å². The van der Waals surface area contributed by atoms with Gasteiger partial charge in [-0.25, -0.2) is 0 Å². The molecule has 0 aromatic heterocycles. The second kappa shape index (κ2) is 5.37. The molecule has 0 N–H and O–H groups in total. The largest absolute Gasteiger partial charge is 0.498 e. The Labute approximate surface area is 140 Å². The molecule has 2 fully saturated rings. The molecule has 0 aliphatic heterocycles. The Balaban J connectivity index is 1.86. The van der Waals surface area contributed by atoms with E-state index in [-0.39, 0.29) is 5.54 Å². The normalized spacial score (nSPS) is 38.5. The second-order valence-corrected chi connectivity index (χ2v) is 7.85. The van der Waals surface area contributed by atoms with Gasteiger partial charge in [-0.3, -0.25) is 4.90 Å². The van der Waals surface area contributed by atoms with E-state index < -0.39 is 0 Å². The lowest BCUT2D eigenvalue weighted by molar-refractivity contribution is 0.0570. The first-order valence-electron chi connectivity index (χ1n) is 9.23. The van der Waals surface area contributed by atoms with Crippen molar-refractivity contribution < 1.29 is 4.74 Å². The molecule has 4 atom stereocenters. The summed E-state index contributed by atoms with van der Waals surface area (Å²) in [5.74, 6) is 2.61. The Hall–Kier alpha value is -1.28. The number of hydrogen-bond donors (Lipinski definition) is 0. The number of nitrogens with zero attached hydrogens (tertiary/aromatic N) is 1. The quantitative estimate of drug-likeness (QED) is 0.806. The number of likely N-dealkylation sites (N-methyl/N-ethyl adjacent to an activating group) is 1. The molecule has 2 heteroatoms. The first-order valence-corrected chi connectivity index (χ1v) is 9.23. The SMILES string of the molecule is CCOC1=C[C@@]2(N(C)C)[C@@H](c3ccccc3)C[C@@]13CCCC[C@H]32. The molecule has 3 aliphatic rings.